The molecule has 4 N–H and O–H groups in total. The van der Waals surface area contributed by atoms with Crippen LogP contribution >= 0.6 is 0 Å². The molecule has 0 saturated heterocycles. The standard InChI is InChI=1S/C16H23N3O5/c1-11(2)8-13(15(21)17-9-14(20)19-23)18-16(22)24-10-12-6-4-3-5-7-12/h3-7,11,13,23H,8-10H2,1-2H3,(H,17,21)(H,18,22)(H,19,20). The van der Waals surface area contributed by atoms with E-state index in [1.165, 1.54) is 5.48 Å². The number of rotatable bonds is 8. The lowest BCUT2D eigenvalue weighted by molar-refractivity contribution is -0.131. The maximum absolute atomic E-state index is 12.1. The summed E-state index contributed by atoms with van der Waals surface area (Å²) in [6, 6.07) is 8.32. The van der Waals surface area contributed by atoms with Crippen molar-refractivity contribution in [1.82, 2.24) is 16.1 Å². The largest absolute Gasteiger partial charge is 0.445 e. The molecular weight excluding hydrogens is 314 g/mol. The van der Waals surface area contributed by atoms with Crippen LogP contribution in [0, 0.1) is 5.92 Å². The van der Waals surface area contributed by atoms with Crippen LogP contribution in [0.4, 0.5) is 4.79 Å². The van der Waals surface area contributed by atoms with E-state index in [-0.39, 0.29) is 19.1 Å². The molecule has 24 heavy (non-hydrogen) atoms. The van der Waals surface area contributed by atoms with Gasteiger partial charge in [-0.15, -0.1) is 0 Å². The summed E-state index contributed by atoms with van der Waals surface area (Å²) in [5, 5.41) is 13.2. The van der Waals surface area contributed by atoms with Gasteiger partial charge in [-0.25, -0.2) is 10.3 Å². The van der Waals surface area contributed by atoms with E-state index in [1.807, 2.05) is 44.2 Å². The van der Waals surface area contributed by atoms with E-state index in [4.69, 9.17) is 9.94 Å². The fourth-order valence-corrected chi connectivity index (χ4v) is 1.94. The van der Waals surface area contributed by atoms with Gasteiger partial charge >= 0.3 is 6.09 Å². The summed E-state index contributed by atoms with van der Waals surface area (Å²) in [5.41, 5.74) is 2.24. The van der Waals surface area contributed by atoms with Crippen molar-refractivity contribution in [3.8, 4) is 0 Å². The summed E-state index contributed by atoms with van der Waals surface area (Å²) < 4.78 is 5.09. The summed E-state index contributed by atoms with van der Waals surface area (Å²) in [5.74, 6) is -1.14. The zero-order chi connectivity index (χ0) is 17.9. The van der Waals surface area contributed by atoms with Crippen molar-refractivity contribution in [2.75, 3.05) is 6.54 Å². The molecule has 132 valence electrons. The van der Waals surface area contributed by atoms with E-state index in [1.54, 1.807) is 0 Å². The Morgan fingerprint density at radius 3 is 2.42 bits per heavy atom. The lowest BCUT2D eigenvalue weighted by atomic mass is 10.0. The quantitative estimate of drug-likeness (QED) is 0.416. The van der Waals surface area contributed by atoms with E-state index in [9.17, 15) is 14.4 Å². The van der Waals surface area contributed by atoms with E-state index < -0.39 is 23.9 Å². The number of ether oxygens (including phenoxy) is 1. The Hall–Kier alpha value is -2.61. The van der Waals surface area contributed by atoms with Gasteiger partial charge < -0.3 is 15.4 Å². The molecule has 0 saturated carbocycles. The predicted octanol–water partition coefficient (Wildman–Crippen LogP) is 0.949. The van der Waals surface area contributed by atoms with Crippen LogP contribution in [-0.2, 0) is 20.9 Å². The second kappa shape index (κ2) is 10.2. The fourth-order valence-electron chi connectivity index (χ4n) is 1.94. The number of hydrogen-bond donors (Lipinski definition) is 4. The monoisotopic (exact) mass is 337 g/mol. The third kappa shape index (κ3) is 7.59. The third-order valence-electron chi connectivity index (χ3n) is 3.08. The van der Waals surface area contributed by atoms with Crippen LogP contribution in [0.15, 0.2) is 30.3 Å². The molecule has 0 aliphatic heterocycles. The first-order valence-electron chi connectivity index (χ1n) is 7.60. The Morgan fingerprint density at radius 1 is 1.17 bits per heavy atom. The van der Waals surface area contributed by atoms with Crippen LogP contribution in [0.25, 0.3) is 0 Å². The number of hydrogen-bond acceptors (Lipinski definition) is 5. The molecule has 1 aromatic rings. The molecule has 1 unspecified atom stereocenters. The number of alkyl carbamates (subject to hydrolysis) is 1. The van der Waals surface area contributed by atoms with Crippen molar-refractivity contribution in [3.63, 3.8) is 0 Å². The molecule has 0 bridgehead atoms. The summed E-state index contributed by atoms with van der Waals surface area (Å²) in [6.07, 6.45) is -0.334. The Kier molecular flexibility index (Phi) is 8.28. The predicted molar refractivity (Wildman–Crippen MR) is 85.9 cm³/mol. The van der Waals surface area contributed by atoms with Crippen molar-refractivity contribution in [2.45, 2.75) is 32.9 Å². The molecule has 0 spiro atoms. The molecule has 0 radical (unpaired) electrons. The van der Waals surface area contributed by atoms with Crippen LogP contribution in [0.5, 0.6) is 0 Å². The zero-order valence-electron chi connectivity index (χ0n) is 13.7. The Labute approximate surface area is 140 Å². The second-order valence-corrected chi connectivity index (χ2v) is 5.64. The normalized spacial score (nSPS) is 11.5. The van der Waals surface area contributed by atoms with Crippen LogP contribution in [0.3, 0.4) is 0 Å². The lowest BCUT2D eigenvalue weighted by Crippen LogP contribution is -2.49. The minimum Gasteiger partial charge on any atom is -0.445 e. The van der Waals surface area contributed by atoms with Gasteiger partial charge in [-0.2, -0.15) is 0 Å². The first-order valence-corrected chi connectivity index (χ1v) is 7.60. The molecule has 1 rings (SSSR count). The minimum atomic E-state index is -0.834. The lowest BCUT2D eigenvalue weighted by Gasteiger charge is -2.19. The molecule has 0 fully saturated rings. The molecule has 0 aromatic heterocycles. The van der Waals surface area contributed by atoms with Gasteiger partial charge in [0.2, 0.25) is 5.91 Å². The van der Waals surface area contributed by atoms with Crippen molar-refractivity contribution in [3.05, 3.63) is 35.9 Å². The summed E-state index contributed by atoms with van der Waals surface area (Å²) in [6.45, 7) is 3.51. The van der Waals surface area contributed by atoms with Gasteiger partial charge in [0.05, 0.1) is 6.54 Å². The van der Waals surface area contributed by atoms with Crippen molar-refractivity contribution in [2.24, 2.45) is 5.92 Å². The third-order valence-corrected chi connectivity index (χ3v) is 3.08. The molecule has 1 atom stereocenters. The van der Waals surface area contributed by atoms with E-state index in [2.05, 4.69) is 10.6 Å². The maximum Gasteiger partial charge on any atom is 0.408 e. The van der Waals surface area contributed by atoms with Crippen LogP contribution in [-0.4, -0.2) is 35.7 Å². The first kappa shape index (κ1) is 19.4. The molecule has 8 nitrogen and oxygen atoms in total. The maximum atomic E-state index is 12.1. The molecule has 0 heterocycles. The highest BCUT2D eigenvalue weighted by Gasteiger charge is 2.23. The van der Waals surface area contributed by atoms with Crippen LogP contribution < -0.4 is 16.1 Å². The van der Waals surface area contributed by atoms with Crippen LogP contribution in [0.2, 0.25) is 0 Å². The number of hydroxylamine groups is 1. The van der Waals surface area contributed by atoms with Gasteiger partial charge in [0.15, 0.2) is 0 Å². The minimum absolute atomic E-state index is 0.0929. The zero-order valence-corrected chi connectivity index (χ0v) is 13.7. The highest BCUT2D eigenvalue weighted by molar-refractivity contribution is 5.89. The van der Waals surface area contributed by atoms with E-state index >= 15 is 0 Å². The van der Waals surface area contributed by atoms with Crippen molar-refractivity contribution < 1.29 is 24.3 Å². The van der Waals surface area contributed by atoms with Crippen LogP contribution in [0.1, 0.15) is 25.8 Å². The molecule has 0 aliphatic rings. The van der Waals surface area contributed by atoms with Gasteiger partial charge in [0.25, 0.3) is 5.91 Å². The van der Waals surface area contributed by atoms with Gasteiger partial charge in [0.1, 0.15) is 12.6 Å². The van der Waals surface area contributed by atoms with E-state index in [0.29, 0.717) is 6.42 Å². The number of amides is 3. The Bertz CT molecular complexity index is 548. The Morgan fingerprint density at radius 2 is 1.83 bits per heavy atom. The molecule has 1 aromatic carbocycles. The number of benzene rings is 1. The molecular formula is C16H23N3O5. The molecule has 0 aliphatic carbocycles. The SMILES string of the molecule is CC(C)CC(NC(=O)OCc1ccccc1)C(=O)NCC(=O)NO. The number of carbonyl (C=O) groups excluding carboxylic acids is 3. The average molecular weight is 337 g/mol. The van der Waals surface area contributed by atoms with Gasteiger partial charge in [-0.05, 0) is 17.9 Å². The van der Waals surface area contributed by atoms with Gasteiger partial charge in [-0.3, -0.25) is 14.8 Å². The first-order chi connectivity index (χ1) is 11.4. The smallest absolute Gasteiger partial charge is 0.408 e. The Balaban J connectivity index is 2.52. The molecule has 8 heteroatoms. The highest BCUT2D eigenvalue weighted by Crippen LogP contribution is 2.06. The van der Waals surface area contributed by atoms with Crippen molar-refractivity contribution >= 4 is 17.9 Å². The second-order valence-electron chi connectivity index (χ2n) is 5.64. The fraction of sp³-hybridized carbons (Fsp3) is 0.438. The average Bonchev–Trinajstić information content (AvgIpc) is 2.57. The highest BCUT2D eigenvalue weighted by atomic mass is 16.5. The topological polar surface area (TPSA) is 117 Å². The van der Waals surface area contributed by atoms with Gasteiger partial charge in [0, 0.05) is 0 Å². The van der Waals surface area contributed by atoms with Gasteiger partial charge in [-0.1, -0.05) is 44.2 Å². The summed E-state index contributed by atoms with van der Waals surface area (Å²) in [4.78, 5) is 34.9. The summed E-state index contributed by atoms with van der Waals surface area (Å²) in [7, 11) is 0. The van der Waals surface area contributed by atoms with Crippen molar-refractivity contribution in [1.29, 1.82) is 0 Å². The van der Waals surface area contributed by atoms with E-state index in [0.717, 1.165) is 5.56 Å². The number of carbonyl (C=O) groups is 3. The summed E-state index contributed by atoms with van der Waals surface area (Å²) >= 11 is 0. The molecule has 3 amide bonds. The number of nitrogens with one attached hydrogen (secondary N) is 3.